The first kappa shape index (κ1) is 32.5. The van der Waals surface area contributed by atoms with E-state index in [9.17, 15) is 28.5 Å². The Morgan fingerprint density at radius 3 is 2.02 bits per heavy atom. The lowest BCUT2D eigenvalue weighted by Gasteiger charge is -2.20. The number of esters is 4. The zero-order valence-electron chi connectivity index (χ0n) is 24.3. The molecule has 1 heterocycles. The molecule has 0 amide bonds. The Balaban J connectivity index is 1.83. The number of carbonyl (C=O) groups excluding carboxylic acids is 4. The SMILES string of the molecule is COC(=O)CNP(=O)(Oc1ccccc1)Oc1cc(OC(C)=O)c2c(=O)cc(-c3ccc(OC(C)=O)c(OC(C)=O)c3)oc2c1. The Morgan fingerprint density at radius 2 is 1.38 bits per heavy atom. The molecule has 0 spiro atoms. The molecule has 0 aliphatic heterocycles. The van der Waals surface area contributed by atoms with Crippen LogP contribution >= 0.6 is 7.75 Å². The highest BCUT2D eigenvalue weighted by Crippen LogP contribution is 2.46. The van der Waals surface area contributed by atoms with Gasteiger partial charge in [0.25, 0.3) is 0 Å². The number of nitrogens with one attached hydrogen (secondary N) is 1. The van der Waals surface area contributed by atoms with Crippen LogP contribution in [0.5, 0.6) is 28.7 Å². The summed E-state index contributed by atoms with van der Waals surface area (Å²) in [4.78, 5) is 60.2. The molecule has 3 aromatic carbocycles. The van der Waals surface area contributed by atoms with Gasteiger partial charge >= 0.3 is 31.6 Å². The van der Waals surface area contributed by atoms with Crippen molar-refractivity contribution in [2.75, 3.05) is 13.7 Å². The Labute approximate surface area is 255 Å². The van der Waals surface area contributed by atoms with Crippen LogP contribution in [-0.2, 0) is 28.5 Å². The van der Waals surface area contributed by atoms with Gasteiger partial charge in [-0.05, 0) is 30.3 Å². The topological polar surface area (TPSA) is 183 Å². The lowest BCUT2D eigenvalue weighted by molar-refractivity contribution is -0.139. The molecule has 15 heteroatoms. The van der Waals surface area contributed by atoms with Gasteiger partial charge in [0.15, 0.2) is 16.9 Å². The largest absolute Gasteiger partial charge is 0.513 e. The van der Waals surface area contributed by atoms with E-state index < -0.39 is 43.6 Å². The Kier molecular flexibility index (Phi) is 10.0. The molecule has 0 bridgehead atoms. The van der Waals surface area contributed by atoms with Crippen LogP contribution in [0.2, 0.25) is 0 Å². The third kappa shape index (κ3) is 8.56. The molecule has 0 saturated carbocycles. The Hall–Kier alpha value is -5.46. The van der Waals surface area contributed by atoms with Crippen molar-refractivity contribution < 1.29 is 56.2 Å². The normalized spacial score (nSPS) is 12.0. The summed E-state index contributed by atoms with van der Waals surface area (Å²) in [6.45, 7) is 2.87. The number of benzene rings is 3. The van der Waals surface area contributed by atoms with Crippen molar-refractivity contribution in [3.63, 3.8) is 0 Å². The van der Waals surface area contributed by atoms with E-state index >= 15 is 0 Å². The first-order valence-corrected chi connectivity index (χ1v) is 14.6. The summed E-state index contributed by atoms with van der Waals surface area (Å²) in [5.74, 6) is -3.49. The highest BCUT2D eigenvalue weighted by molar-refractivity contribution is 7.52. The number of ether oxygens (including phenoxy) is 4. The van der Waals surface area contributed by atoms with Crippen molar-refractivity contribution in [2.45, 2.75) is 20.8 Å². The number of carbonyl (C=O) groups is 4. The van der Waals surface area contributed by atoms with Crippen LogP contribution in [0.15, 0.2) is 75.9 Å². The van der Waals surface area contributed by atoms with Crippen LogP contribution in [0, 0.1) is 0 Å². The van der Waals surface area contributed by atoms with E-state index in [0.29, 0.717) is 0 Å². The van der Waals surface area contributed by atoms with Crippen LogP contribution < -0.4 is 33.8 Å². The monoisotopic (exact) mass is 639 g/mol. The van der Waals surface area contributed by atoms with Gasteiger partial charge in [-0.15, -0.1) is 0 Å². The second-order valence-electron chi connectivity index (χ2n) is 9.12. The van der Waals surface area contributed by atoms with Crippen LogP contribution in [-0.4, -0.2) is 37.5 Å². The highest BCUT2D eigenvalue weighted by Gasteiger charge is 2.31. The summed E-state index contributed by atoms with van der Waals surface area (Å²) in [6.07, 6.45) is 0. The average molecular weight is 640 g/mol. The summed E-state index contributed by atoms with van der Waals surface area (Å²) in [5, 5.41) is 2.25. The fraction of sp³-hybridized carbons (Fsp3) is 0.167. The number of hydrogen-bond donors (Lipinski definition) is 1. The molecule has 4 aromatic rings. The summed E-state index contributed by atoms with van der Waals surface area (Å²) in [5.41, 5.74) is -0.567. The minimum atomic E-state index is -4.38. The minimum Gasteiger partial charge on any atom is -0.468 e. The molecule has 0 radical (unpaired) electrons. The van der Waals surface area contributed by atoms with Crippen LogP contribution in [0.4, 0.5) is 0 Å². The summed E-state index contributed by atoms with van der Waals surface area (Å²) in [6, 6.07) is 15.5. The fourth-order valence-corrected chi connectivity index (χ4v) is 5.14. The van der Waals surface area contributed by atoms with E-state index in [2.05, 4.69) is 9.82 Å². The molecular formula is C30H26NO13P. The van der Waals surface area contributed by atoms with E-state index in [1.165, 1.54) is 43.3 Å². The van der Waals surface area contributed by atoms with Gasteiger partial charge in [0, 0.05) is 44.5 Å². The highest BCUT2D eigenvalue weighted by atomic mass is 31.2. The third-order valence-electron chi connectivity index (χ3n) is 5.60. The molecule has 0 aliphatic rings. The Bertz CT molecular complexity index is 1880. The number of rotatable bonds is 11. The maximum Gasteiger partial charge on any atom is 0.513 e. The fourth-order valence-electron chi connectivity index (χ4n) is 3.87. The molecule has 234 valence electrons. The van der Waals surface area contributed by atoms with E-state index in [0.717, 1.165) is 33.1 Å². The first-order valence-electron chi connectivity index (χ1n) is 13.0. The zero-order chi connectivity index (χ0) is 32.7. The maximum absolute atomic E-state index is 13.8. The second kappa shape index (κ2) is 13.9. The van der Waals surface area contributed by atoms with Gasteiger partial charge in [0.1, 0.15) is 40.5 Å². The number of methoxy groups -OCH3 is 1. The predicted octanol–water partition coefficient (Wildman–Crippen LogP) is 4.56. The molecule has 0 aliphatic carbocycles. The molecular weight excluding hydrogens is 613 g/mol. The van der Waals surface area contributed by atoms with E-state index in [1.54, 1.807) is 18.2 Å². The van der Waals surface area contributed by atoms with Gasteiger partial charge in [-0.1, -0.05) is 18.2 Å². The van der Waals surface area contributed by atoms with Crippen molar-refractivity contribution >= 4 is 42.6 Å². The van der Waals surface area contributed by atoms with Crippen LogP contribution in [0.25, 0.3) is 22.3 Å². The van der Waals surface area contributed by atoms with Gasteiger partial charge in [-0.25, -0.2) is 4.57 Å². The van der Waals surface area contributed by atoms with Crippen molar-refractivity contribution in [2.24, 2.45) is 0 Å². The molecule has 1 N–H and O–H groups in total. The van der Waals surface area contributed by atoms with Crippen molar-refractivity contribution in [1.82, 2.24) is 5.09 Å². The van der Waals surface area contributed by atoms with E-state index in [-0.39, 0.29) is 51.0 Å². The second-order valence-corrected chi connectivity index (χ2v) is 10.8. The van der Waals surface area contributed by atoms with Gasteiger partial charge < -0.3 is 32.4 Å². The predicted molar refractivity (Wildman–Crippen MR) is 157 cm³/mol. The molecule has 1 atom stereocenters. The molecule has 1 unspecified atom stereocenters. The molecule has 0 saturated heterocycles. The first-order chi connectivity index (χ1) is 21.4. The van der Waals surface area contributed by atoms with Crippen molar-refractivity contribution in [3.05, 3.63) is 77.0 Å². The van der Waals surface area contributed by atoms with Gasteiger partial charge in [-0.3, -0.25) is 24.0 Å². The maximum atomic E-state index is 13.8. The van der Waals surface area contributed by atoms with Crippen LogP contribution in [0.1, 0.15) is 20.8 Å². The van der Waals surface area contributed by atoms with Crippen molar-refractivity contribution in [3.8, 4) is 40.1 Å². The molecule has 1 aromatic heterocycles. The summed E-state index contributed by atoms with van der Waals surface area (Å²) >= 11 is 0. The summed E-state index contributed by atoms with van der Waals surface area (Å²) in [7, 11) is -3.24. The zero-order valence-corrected chi connectivity index (χ0v) is 25.2. The van der Waals surface area contributed by atoms with Gasteiger partial charge in [0.2, 0.25) is 0 Å². The molecule has 45 heavy (non-hydrogen) atoms. The molecule has 14 nitrogen and oxygen atoms in total. The quantitative estimate of drug-likeness (QED) is 0.137. The number of fused-ring (bicyclic) bond motifs is 1. The standard InChI is InChI=1S/C30H26NO13P/c1-17(32)39-24-11-10-20(12-26(24)40-18(2)33)25-15-23(35)30-27(41-19(3)34)13-22(14-28(30)42-25)44-45(37,31-16-29(36)38-4)43-21-8-6-5-7-9-21/h5-15H,16H2,1-4H3,(H,31,37). The Morgan fingerprint density at radius 1 is 0.756 bits per heavy atom. The van der Waals surface area contributed by atoms with Crippen molar-refractivity contribution in [1.29, 1.82) is 0 Å². The number of hydrogen-bond acceptors (Lipinski definition) is 13. The smallest absolute Gasteiger partial charge is 0.468 e. The van der Waals surface area contributed by atoms with E-state index in [4.69, 9.17) is 27.7 Å². The minimum absolute atomic E-state index is 0.0336. The van der Waals surface area contributed by atoms with Gasteiger partial charge in [0.05, 0.1) is 7.11 Å². The average Bonchev–Trinajstić information content (AvgIpc) is 2.96. The van der Waals surface area contributed by atoms with Gasteiger partial charge in [-0.2, -0.15) is 5.09 Å². The summed E-state index contributed by atoms with van der Waals surface area (Å²) < 4.78 is 51.1. The van der Waals surface area contributed by atoms with Crippen LogP contribution in [0.3, 0.4) is 0 Å². The third-order valence-corrected chi connectivity index (χ3v) is 7.04. The molecule has 0 fully saturated rings. The molecule has 4 rings (SSSR count). The lowest BCUT2D eigenvalue weighted by Crippen LogP contribution is -2.26. The van der Waals surface area contributed by atoms with E-state index in [1.807, 2.05) is 0 Å². The number of para-hydroxylation sites is 1. The lowest BCUT2D eigenvalue weighted by atomic mass is 10.1.